The SMILES string of the molecule is CC(C)(C)c1nnnn1C[C@H]1CCC2(CCCC2)O1. The Kier molecular flexibility index (Phi) is 3.12. The second-order valence-electron chi connectivity index (χ2n) is 7.10. The Balaban J connectivity index is 1.68. The van der Waals surface area contributed by atoms with E-state index in [0.717, 1.165) is 18.8 Å². The quantitative estimate of drug-likeness (QED) is 0.823. The molecule has 0 N–H and O–H groups in total. The molecule has 0 aromatic carbocycles. The Hall–Kier alpha value is -0.970. The molecule has 3 rings (SSSR count). The topological polar surface area (TPSA) is 52.8 Å². The molecule has 1 aromatic heterocycles. The highest BCUT2D eigenvalue weighted by Crippen LogP contribution is 2.43. The molecule has 1 saturated carbocycles. The van der Waals surface area contributed by atoms with Crippen LogP contribution >= 0.6 is 0 Å². The van der Waals surface area contributed by atoms with Crippen LogP contribution in [0.4, 0.5) is 0 Å². The summed E-state index contributed by atoms with van der Waals surface area (Å²) < 4.78 is 8.26. The number of ether oxygens (including phenoxy) is 1. The van der Waals surface area contributed by atoms with Crippen LogP contribution in [0.15, 0.2) is 0 Å². The van der Waals surface area contributed by atoms with Crippen LogP contribution in [0.2, 0.25) is 0 Å². The first-order valence-corrected chi connectivity index (χ1v) is 7.43. The molecule has 106 valence electrons. The summed E-state index contributed by atoms with van der Waals surface area (Å²) in [7, 11) is 0. The molecule has 1 atom stereocenters. The van der Waals surface area contributed by atoms with Crippen molar-refractivity contribution >= 4 is 0 Å². The Labute approximate surface area is 114 Å². The summed E-state index contributed by atoms with van der Waals surface area (Å²) in [6.45, 7) is 7.22. The maximum absolute atomic E-state index is 6.33. The molecule has 1 spiro atoms. The van der Waals surface area contributed by atoms with Crippen LogP contribution in [-0.2, 0) is 16.7 Å². The lowest BCUT2D eigenvalue weighted by Crippen LogP contribution is -2.28. The zero-order valence-corrected chi connectivity index (χ0v) is 12.2. The molecule has 19 heavy (non-hydrogen) atoms. The van der Waals surface area contributed by atoms with Gasteiger partial charge in [-0.15, -0.1) is 5.10 Å². The molecule has 2 aliphatic rings. The van der Waals surface area contributed by atoms with Crippen LogP contribution in [0.5, 0.6) is 0 Å². The van der Waals surface area contributed by atoms with Crippen LogP contribution in [0.25, 0.3) is 0 Å². The van der Waals surface area contributed by atoms with Crippen LogP contribution in [-0.4, -0.2) is 31.9 Å². The van der Waals surface area contributed by atoms with Crippen molar-refractivity contribution in [2.75, 3.05) is 0 Å². The van der Waals surface area contributed by atoms with Gasteiger partial charge in [-0.1, -0.05) is 33.6 Å². The number of tetrazole rings is 1. The first-order chi connectivity index (χ1) is 8.99. The summed E-state index contributed by atoms with van der Waals surface area (Å²) in [6.07, 6.45) is 7.77. The van der Waals surface area contributed by atoms with Gasteiger partial charge in [0.1, 0.15) is 0 Å². The summed E-state index contributed by atoms with van der Waals surface area (Å²) in [5.41, 5.74) is 0.174. The third-order valence-corrected chi connectivity index (χ3v) is 4.43. The largest absolute Gasteiger partial charge is 0.370 e. The van der Waals surface area contributed by atoms with Gasteiger partial charge in [-0.2, -0.15) is 0 Å². The Morgan fingerprint density at radius 3 is 2.68 bits per heavy atom. The lowest BCUT2D eigenvalue weighted by atomic mass is 9.95. The van der Waals surface area contributed by atoms with Gasteiger partial charge in [-0.3, -0.25) is 0 Å². The lowest BCUT2D eigenvalue weighted by Gasteiger charge is -2.24. The van der Waals surface area contributed by atoms with Gasteiger partial charge < -0.3 is 4.74 Å². The van der Waals surface area contributed by atoms with E-state index in [0.29, 0.717) is 0 Å². The lowest BCUT2D eigenvalue weighted by molar-refractivity contribution is -0.0435. The predicted molar refractivity (Wildman–Crippen MR) is 71.8 cm³/mol. The van der Waals surface area contributed by atoms with Gasteiger partial charge in [0.05, 0.1) is 18.2 Å². The highest BCUT2D eigenvalue weighted by atomic mass is 16.5. The van der Waals surface area contributed by atoms with Crippen LogP contribution < -0.4 is 0 Å². The molecule has 5 heteroatoms. The van der Waals surface area contributed by atoms with Crippen molar-refractivity contribution < 1.29 is 4.74 Å². The molecular weight excluding hydrogens is 240 g/mol. The van der Waals surface area contributed by atoms with Crippen LogP contribution in [0.1, 0.15) is 65.1 Å². The number of aromatic nitrogens is 4. The van der Waals surface area contributed by atoms with Gasteiger partial charge in [0.2, 0.25) is 0 Å². The van der Waals surface area contributed by atoms with Crippen molar-refractivity contribution in [2.45, 2.75) is 83.0 Å². The van der Waals surface area contributed by atoms with Gasteiger partial charge in [0.25, 0.3) is 0 Å². The number of rotatable bonds is 2. The molecule has 1 aliphatic carbocycles. The maximum Gasteiger partial charge on any atom is 0.156 e. The molecule has 0 unspecified atom stereocenters. The molecule has 1 saturated heterocycles. The number of hydrogen-bond acceptors (Lipinski definition) is 4. The molecule has 0 radical (unpaired) electrons. The zero-order chi connectivity index (χ0) is 13.5. The van der Waals surface area contributed by atoms with Crippen molar-refractivity contribution in [1.29, 1.82) is 0 Å². The first-order valence-electron chi connectivity index (χ1n) is 7.43. The van der Waals surface area contributed by atoms with E-state index in [1.807, 2.05) is 4.68 Å². The van der Waals surface area contributed by atoms with E-state index in [1.54, 1.807) is 0 Å². The van der Waals surface area contributed by atoms with Crippen molar-refractivity contribution in [3.8, 4) is 0 Å². The fourth-order valence-electron chi connectivity index (χ4n) is 3.47. The highest BCUT2D eigenvalue weighted by molar-refractivity contribution is 5.00. The second-order valence-corrected chi connectivity index (χ2v) is 7.10. The fourth-order valence-corrected chi connectivity index (χ4v) is 3.47. The van der Waals surface area contributed by atoms with Crippen LogP contribution in [0.3, 0.4) is 0 Å². The Morgan fingerprint density at radius 2 is 2.00 bits per heavy atom. The van der Waals surface area contributed by atoms with Crippen molar-refractivity contribution in [3.05, 3.63) is 5.82 Å². The van der Waals surface area contributed by atoms with Crippen molar-refractivity contribution in [3.63, 3.8) is 0 Å². The summed E-state index contributed by atoms with van der Waals surface area (Å²) in [6, 6.07) is 0. The molecular formula is C14H24N4O. The highest BCUT2D eigenvalue weighted by Gasteiger charge is 2.42. The van der Waals surface area contributed by atoms with Gasteiger partial charge in [0.15, 0.2) is 5.82 Å². The maximum atomic E-state index is 6.33. The molecule has 1 aliphatic heterocycles. The van der Waals surface area contributed by atoms with E-state index in [9.17, 15) is 0 Å². The van der Waals surface area contributed by atoms with E-state index in [-0.39, 0.29) is 17.1 Å². The average molecular weight is 264 g/mol. The number of nitrogens with zero attached hydrogens (tertiary/aromatic N) is 4. The first kappa shape index (κ1) is 13.0. The summed E-state index contributed by atoms with van der Waals surface area (Å²) in [5.74, 6) is 0.948. The minimum absolute atomic E-state index is 0.0207. The summed E-state index contributed by atoms with van der Waals surface area (Å²) in [4.78, 5) is 0. The van der Waals surface area contributed by atoms with Crippen LogP contribution in [0, 0.1) is 0 Å². The van der Waals surface area contributed by atoms with Crippen molar-refractivity contribution in [2.24, 2.45) is 0 Å². The fraction of sp³-hybridized carbons (Fsp3) is 0.929. The molecule has 2 heterocycles. The minimum atomic E-state index is -0.0207. The standard InChI is InChI=1S/C14H24N4O/c1-13(2,3)12-15-16-17-18(12)10-11-6-9-14(19-11)7-4-5-8-14/h11H,4-10H2,1-3H3/t11-/m1/s1. The summed E-state index contributed by atoms with van der Waals surface area (Å²) >= 11 is 0. The van der Waals surface area contributed by atoms with E-state index in [1.165, 1.54) is 32.1 Å². The van der Waals surface area contributed by atoms with Gasteiger partial charge in [-0.05, 0) is 36.1 Å². The third kappa shape index (κ3) is 2.53. The predicted octanol–water partition coefficient (Wildman–Crippen LogP) is 2.46. The average Bonchev–Trinajstić information content (AvgIpc) is 3.01. The number of hydrogen-bond donors (Lipinski definition) is 0. The van der Waals surface area contributed by atoms with Gasteiger partial charge >= 0.3 is 0 Å². The van der Waals surface area contributed by atoms with E-state index >= 15 is 0 Å². The van der Waals surface area contributed by atoms with Gasteiger partial charge in [-0.25, -0.2) is 4.68 Å². The molecule has 2 fully saturated rings. The van der Waals surface area contributed by atoms with Gasteiger partial charge in [0, 0.05) is 5.41 Å². The zero-order valence-electron chi connectivity index (χ0n) is 12.2. The monoisotopic (exact) mass is 264 g/mol. The molecule has 0 bridgehead atoms. The molecule has 1 aromatic rings. The Morgan fingerprint density at radius 1 is 1.26 bits per heavy atom. The minimum Gasteiger partial charge on any atom is -0.370 e. The van der Waals surface area contributed by atoms with E-state index in [4.69, 9.17) is 4.74 Å². The summed E-state index contributed by atoms with van der Waals surface area (Å²) in [5, 5.41) is 12.1. The Bertz CT molecular complexity index is 443. The normalized spacial score (nSPS) is 26.4. The van der Waals surface area contributed by atoms with E-state index < -0.39 is 0 Å². The van der Waals surface area contributed by atoms with E-state index in [2.05, 4.69) is 36.3 Å². The third-order valence-electron chi connectivity index (χ3n) is 4.43. The smallest absolute Gasteiger partial charge is 0.156 e. The second kappa shape index (κ2) is 4.54. The molecule has 0 amide bonds. The van der Waals surface area contributed by atoms with Crippen molar-refractivity contribution in [1.82, 2.24) is 20.2 Å². The molecule has 5 nitrogen and oxygen atoms in total.